The van der Waals surface area contributed by atoms with Gasteiger partial charge in [0.05, 0.1) is 17.6 Å². The van der Waals surface area contributed by atoms with Crippen LogP contribution in [-0.4, -0.2) is 45.5 Å². The largest absolute Gasteiger partial charge is 0.497 e. The summed E-state index contributed by atoms with van der Waals surface area (Å²) in [5, 5.41) is 4.25. The number of thiophene rings is 1. The summed E-state index contributed by atoms with van der Waals surface area (Å²) in [6.07, 6.45) is -1.24. The lowest BCUT2D eigenvalue weighted by atomic mass is 10.3. The maximum atomic E-state index is 12.4. The fraction of sp³-hybridized carbons (Fsp3) is 0.278. The molecular weight excluding hydrogens is 434 g/mol. The molecule has 0 aliphatic heterocycles. The minimum Gasteiger partial charge on any atom is -0.497 e. The van der Waals surface area contributed by atoms with E-state index in [9.17, 15) is 22.8 Å². The number of anilines is 1. The molecule has 30 heavy (non-hydrogen) atoms. The van der Waals surface area contributed by atoms with Crippen molar-refractivity contribution in [2.75, 3.05) is 12.4 Å². The third-order valence-corrected chi connectivity index (χ3v) is 6.27. The minimum atomic E-state index is -4.00. The first-order valence-corrected chi connectivity index (χ1v) is 11.0. The molecule has 2 rings (SSSR count). The average Bonchev–Trinajstić information content (AvgIpc) is 3.16. The molecule has 2 atom stereocenters. The molecule has 1 unspecified atom stereocenters. The molecule has 0 saturated heterocycles. The Balaban J connectivity index is 1.97. The number of hydrogen-bond acceptors (Lipinski definition) is 8. The standard InChI is InChI=1S/C18H21N3O7S2/c1-10(21-30(25,26)13-6-4-12(27-3)5-7-13)18(24)28-11(2)16(23)20-17-14(15(19)22)8-9-29-17/h4-11,21H,1-3H3,(H2,19,22)(H,20,23)/t10-,11?/m0/s1. The summed E-state index contributed by atoms with van der Waals surface area (Å²) in [5.41, 5.74) is 5.35. The fourth-order valence-electron chi connectivity index (χ4n) is 2.25. The molecule has 2 amide bonds. The molecule has 0 fully saturated rings. The van der Waals surface area contributed by atoms with Gasteiger partial charge in [-0.2, -0.15) is 4.72 Å². The summed E-state index contributed by atoms with van der Waals surface area (Å²) in [6, 6.07) is 5.79. The van der Waals surface area contributed by atoms with Crippen molar-refractivity contribution in [3.05, 3.63) is 41.3 Å². The summed E-state index contributed by atoms with van der Waals surface area (Å²) < 4.78 is 37.0. The molecule has 2 aromatic rings. The first kappa shape index (κ1) is 23.3. The smallest absolute Gasteiger partial charge is 0.324 e. The second-order valence-electron chi connectivity index (χ2n) is 6.11. The molecule has 1 aromatic heterocycles. The van der Waals surface area contributed by atoms with E-state index in [0.29, 0.717) is 5.75 Å². The highest BCUT2D eigenvalue weighted by atomic mass is 32.2. The Labute approximate surface area is 177 Å². The second-order valence-corrected chi connectivity index (χ2v) is 8.74. The minimum absolute atomic E-state index is 0.0644. The monoisotopic (exact) mass is 455 g/mol. The van der Waals surface area contributed by atoms with Gasteiger partial charge in [0.1, 0.15) is 16.8 Å². The number of esters is 1. The normalized spacial score (nSPS) is 13.2. The number of amides is 2. The van der Waals surface area contributed by atoms with Gasteiger partial charge in [-0.15, -0.1) is 11.3 Å². The van der Waals surface area contributed by atoms with E-state index in [1.54, 1.807) is 5.38 Å². The van der Waals surface area contributed by atoms with Crippen LogP contribution in [0.1, 0.15) is 24.2 Å². The topological polar surface area (TPSA) is 154 Å². The number of nitrogens with one attached hydrogen (secondary N) is 2. The van der Waals surface area contributed by atoms with Gasteiger partial charge < -0.3 is 20.5 Å². The quantitative estimate of drug-likeness (QED) is 0.478. The van der Waals surface area contributed by atoms with E-state index in [2.05, 4.69) is 10.0 Å². The molecule has 0 aliphatic carbocycles. The van der Waals surface area contributed by atoms with Gasteiger partial charge in [-0.25, -0.2) is 8.42 Å². The van der Waals surface area contributed by atoms with E-state index in [0.717, 1.165) is 11.3 Å². The van der Waals surface area contributed by atoms with Crippen molar-refractivity contribution in [2.45, 2.75) is 30.9 Å². The summed E-state index contributed by atoms with van der Waals surface area (Å²) in [7, 11) is -2.55. The number of hydrogen-bond donors (Lipinski definition) is 3. The maximum Gasteiger partial charge on any atom is 0.324 e. The second kappa shape index (κ2) is 9.69. The molecular formula is C18H21N3O7S2. The zero-order valence-corrected chi connectivity index (χ0v) is 18.0. The van der Waals surface area contributed by atoms with Crippen molar-refractivity contribution < 1.29 is 32.3 Å². The molecule has 0 aliphatic rings. The first-order valence-electron chi connectivity index (χ1n) is 8.60. The lowest BCUT2D eigenvalue weighted by Gasteiger charge is -2.17. The van der Waals surface area contributed by atoms with E-state index in [1.165, 1.54) is 51.3 Å². The Kier molecular flexibility index (Phi) is 7.54. The first-order chi connectivity index (χ1) is 14.0. The van der Waals surface area contributed by atoms with Crippen LogP contribution in [0.2, 0.25) is 0 Å². The summed E-state index contributed by atoms with van der Waals surface area (Å²) in [5.74, 6) is -1.88. The highest BCUT2D eigenvalue weighted by molar-refractivity contribution is 7.89. The lowest BCUT2D eigenvalue weighted by Crippen LogP contribution is -2.42. The Morgan fingerprint density at radius 3 is 2.30 bits per heavy atom. The molecule has 4 N–H and O–H groups in total. The number of rotatable bonds is 9. The van der Waals surface area contributed by atoms with Gasteiger partial charge >= 0.3 is 5.97 Å². The van der Waals surface area contributed by atoms with Gasteiger partial charge in [0, 0.05) is 0 Å². The predicted molar refractivity (Wildman–Crippen MR) is 110 cm³/mol. The van der Waals surface area contributed by atoms with Crippen molar-refractivity contribution in [1.29, 1.82) is 0 Å². The van der Waals surface area contributed by atoms with E-state index >= 15 is 0 Å². The Morgan fingerprint density at radius 2 is 1.73 bits per heavy atom. The number of ether oxygens (including phenoxy) is 2. The van der Waals surface area contributed by atoms with Crippen LogP contribution in [0, 0.1) is 0 Å². The predicted octanol–water partition coefficient (Wildman–Crippen LogP) is 1.09. The van der Waals surface area contributed by atoms with E-state index in [-0.39, 0.29) is 15.5 Å². The van der Waals surface area contributed by atoms with E-state index in [4.69, 9.17) is 15.2 Å². The molecule has 1 aromatic carbocycles. The molecule has 1 heterocycles. The van der Waals surface area contributed by atoms with E-state index in [1.807, 2.05) is 0 Å². The summed E-state index contributed by atoms with van der Waals surface area (Å²) in [6.45, 7) is 2.61. The van der Waals surface area contributed by atoms with Gasteiger partial charge in [0.25, 0.3) is 11.8 Å². The molecule has 162 valence electrons. The number of nitrogens with two attached hydrogens (primary N) is 1. The maximum absolute atomic E-state index is 12.4. The van der Waals surface area contributed by atoms with Gasteiger partial charge in [0.2, 0.25) is 10.0 Å². The molecule has 12 heteroatoms. The van der Waals surface area contributed by atoms with Crippen LogP contribution in [0.25, 0.3) is 0 Å². The number of methoxy groups -OCH3 is 1. The van der Waals surface area contributed by atoms with Crippen molar-refractivity contribution in [3.8, 4) is 5.75 Å². The molecule has 0 radical (unpaired) electrons. The van der Waals surface area contributed by atoms with Crippen LogP contribution < -0.4 is 20.5 Å². The van der Waals surface area contributed by atoms with Crippen LogP contribution in [0.5, 0.6) is 5.75 Å². The van der Waals surface area contributed by atoms with Crippen LogP contribution in [0.15, 0.2) is 40.6 Å². The van der Waals surface area contributed by atoms with Crippen molar-refractivity contribution in [2.24, 2.45) is 5.73 Å². The molecule has 0 saturated carbocycles. The number of benzene rings is 1. The van der Waals surface area contributed by atoms with Gasteiger partial charge in [-0.1, -0.05) is 0 Å². The van der Waals surface area contributed by atoms with Crippen molar-refractivity contribution >= 4 is 44.1 Å². The van der Waals surface area contributed by atoms with Gasteiger partial charge in [-0.3, -0.25) is 14.4 Å². The van der Waals surface area contributed by atoms with Gasteiger partial charge in [0.15, 0.2) is 6.10 Å². The molecule has 0 bridgehead atoms. The van der Waals surface area contributed by atoms with Crippen LogP contribution in [0.3, 0.4) is 0 Å². The summed E-state index contributed by atoms with van der Waals surface area (Å²) in [4.78, 5) is 35.7. The molecule has 10 nitrogen and oxygen atoms in total. The van der Waals surface area contributed by atoms with E-state index < -0.39 is 40.0 Å². The third kappa shape index (κ3) is 5.78. The number of carbonyl (C=O) groups excluding carboxylic acids is 3. The fourth-order valence-corrected chi connectivity index (χ4v) is 4.23. The highest BCUT2D eigenvalue weighted by Gasteiger charge is 2.27. The van der Waals surface area contributed by atoms with Crippen LogP contribution in [0.4, 0.5) is 5.00 Å². The van der Waals surface area contributed by atoms with Gasteiger partial charge in [-0.05, 0) is 49.6 Å². The van der Waals surface area contributed by atoms with Crippen LogP contribution in [-0.2, 0) is 24.3 Å². The third-order valence-electron chi connectivity index (χ3n) is 3.88. The number of carbonyl (C=O) groups is 3. The van der Waals surface area contributed by atoms with Crippen LogP contribution >= 0.6 is 11.3 Å². The highest BCUT2D eigenvalue weighted by Crippen LogP contribution is 2.23. The zero-order chi connectivity index (χ0) is 22.5. The lowest BCUT2D eigenvalue weighted by molar-refractivity contribution is -0.154. The Hall–Kier alpha value is -2.96. The number of primary amides is 1. The average molecular weight is 456 g/mol. The summed E-state index contributed by atoms with van der Waals surface area (Å²) >= 11 is 1.08. The molecule has 0 spiro atoms. The Bertz CT molecular complexity index is 1030. The van der Waals surface area contributed by atoms with Crippen molar-refractivity contribution in [1.82, 2.24) is 4.72 Å². The number of sulfonamides is 1. The zero-order valence-electron chi connectivity index (χ0n) is 16.4. The SMILES string of the molecule is COc1ccc(S(=O)(=O)N[C@@H](C)C(=O)OC(C)C(=O)Nc2sccc2C(N)=O)cc1. The van der Waals surface area contributed by atoms with Crippen molar-refractivity contribution in [3.63, 3.8) is 0 Å². The Morgan fingerprint density at radius 1 is 1.10 bits per heavy atom.